The fraction of sp³-hybridized carbons (Fsp3) is 0.350. The molecule has 0 fully saturated rings. The maximum absolute atomic E-state index is 12.7. The van der Waals surface area contributed by atoms with Crippen molar-refractivity contribution >= 4 is 5.91 Å². The minimum absolute atomic E-state index is 0.0606. The molecule has 2 N–H and O–H groups in total. The van der Waals surface area contributed by atoms with E-state index in [4.69, 9.17) is 0 Å². The van der Waals surface area contributed by atoms with Crippen LogP contribution in [0.3, 0.4) is 0 Å². The topological polar surface area (TPSA) is 41.1 Å². The molecule has 0 spiro atoms. The Balaban J connectivity index is 1.70. The summed E-state index contributed by atoms with van der Waals surface area (Å²) >= 11 is 0. The van der Waals surface area contributed by atoms with Crippen molar-refractivity contribution in [3.05, 3.63) is 70.3 Å². The van der Waals surface area contributed by atoms with Gasteiger partial charge in [-0.2, -0.15) is 0 Å². The molecule has 1 amide bonds. The van der Waals surface area contributed by atoms with E-state index in [1.807, 2.05) is 32.0 Å². The van der Waals surface area contributed by atoms with Crippen molar-refractivity contribution in [2.75, 3.05) is 0 Å². The van der Waals surface area contributed by atoms with Gasteiger partial charge in [0, 0.05) is 19.6 Å². The lowest BCUT2D eigenvalue weighted by atomic mass is 9.81. The van der Waals surface area contributed by atoms with E-state index in [9.17, 15) is 4.79 Å². The predicted molar refractivity (Wildman–Crippen MR) is 93.0 cm³/mol. The molecule has 0 atom stereocenters. The lowest BCUT2D eigenvalue weighted by molar-refractivity contribution is -0.125. The zero-order chi connectivity index (χ0) is 16.4. The van der Waals surface area contributed by atoms with Gasteiger partial charge in [-0.25, -0.2) is 0 Å². The normalized spacial score (nSPS) is 13.7. The highest BCUT2D eigenvalue weighted by Gasteiger charge is 2.30. The summed E-state index contributed by atoms with van der Waals surface area (Å²) in [5, 5.41) is 6.44. The number of hydrogen-bond donors (Lipinski definition) is 2. The summed E-state index contributed by atoms with van der Waals surface area (Å²) in [5.74, 6) is 0.0606. The van der Waals surface area contributed by atoms with E-state index in [0.29, 0.717) is 6.54 Å². The van der Waals surface area contributed by atoms with Crippen LogP contribution in [-0.4, -0.2) is 5.91 Å². The maximum atomic E-state index is 12.7. The van der Waals surface area contributed by atoms with Gasteiger partial charge in [-0.1, -0.05) is 42.5 Å². The fourth-order valence-electron chi connectivity index (χ4n) is 3.26. The molecule has 2 aromatic carbocycles. The summed E-state index contributed by atoms with van der Waals surface area (Å²) in [6.07, 6.45) is 0. The smallest absolute Gasteiger partial charge is 0.230 e. The van der Waals surface area contributed by atoms with Crippen LogP contribution >= 0.6 is 0 Å². The molecule has 0 bridgehead atoms. The minimum Gasteiger partial charge on any atom is -0.351 e. The average molecular weight is 308 g/mol. The zero-order valence-electron chi connectivity index (χ0n) is 14.1. The van der Waals surface area contributed by atoms with Crippen molar-refractivity contribution in [2.45, 2.75) is 45.8 Å². The van der Waals surface area contributed by atoms with Crippen LogP contribution in [0, 0.1) is 6.92 Å². The Labute approximate surface area is 138 Å². The van der Waals surface area contributed by atoms with Gasteiger partial charge < -0.3 is 10.6 Å². The molecule has 0 unspecified atom stereocenters. The molecule has 3 nitrogen and oxygen atoms in total. The lowest BCUT2D eigenvalue weighted by Gasteiger charge is -2.26. The van der Waals surface area contributed by atoms with Crippen molar-refractivity contribution in [2.24, 2.45) is 0 Å². The van der Waals surface area contributed by atoms with Gasteiger partial charge in [0.2, 0.25) is 5.91 Å². The summed E-state index contributed by atoms with van der Waals surface area (Å²) in [6.45, 7) is 8.46. The molecule has 0 aromatic heterocycles. The molecule has 0 radical (unpaired) electrons. The maximum Gasteiger partial charge on any atom is 0.230 e. The molecule has 1 aliphatic heterocycles. The SMILES string of the molecule is Cc1ccccc1C(C)(C)C(=O)NCc1ccc2c(c1)CNC2. The van der Waals surface area contributed by atoms with Gasteiger partial charge in [-0.3, -0.25) is 4.79 Å². The summed E-state index contributed by atoms with van der Waals surface area (Å²) in [7, 11) is 0. The molecular weight excluding hydrogens is 284 g/mol. The van der Waals surface area contributed by atoms with Crippen LogP contribution < -0.4 is 10.6 Å². The second-order valence-electron chi connectivity index (χ2n) is 6.83. The van der Waals surface area contributed by atoms with Crippen LogP contribution in [0.2, 0.25) is 0 Å². The third kappa shape index (κ3) is 3.15. The predicted octanol–water partition coefficient (Wildman–Crippen LogP) is 3.19. The standard InChI is InChI=1S/C20H24N2O/c1-14-6-4-5-7-18(14)20(2,3)19(23)22-11-15-8-9-16-12-21-13-17(16)10-15/h4-10,21H,11-13H2,1-3H3,(H,22,23). The van der Waals surface area contributed by atoms with Crippen LogP contribution in [-0.2, 0) is 29.8 Å². The third-order valence-electron chi connectivity index (χ3n) is 4.74. The van der Waals surface area contributed by atoms with E-state index in [0.717, 1.165) is 29.8 Å². The van der Waals surface area contributed by atoms with E-state index in [2.05, 4.69) is 41.8 Å². The number of hydrogen-bond acceptors (Lipinski definition) is 2. The number of fused-ring (bicyclic) bond motifs is 1. The van der Waals surface area contributed by atoms with Gasteiger partial charge in [0.1, 0.15) is 0 Å². The van der Waals surface area contributed by atoms with Crippen LogP contribution in [0.15, 0.2) is 42.5 Å². The third-order valence-corrected chi connectivity index (χ3v) is 4.74. The summed E-state index contributed by atoms with van der Waals surface area (Å²) < 4.78 is 0. The van der Waals surface area contributed by atoms with Crippen LogP contribution in [0.25, 0.3) is 0 Å². The van der Waals surface area contributed by atoms with Crippen molar-refractivity contribution in [3.63, 3.8) is 0 Å². The van der Waals surface area contributed by atoms with Crippen molar-refractivity contribution in [1.29, 1.82) is 0 Å². The van der Waals surface area contributed by atoms with Gasteiger partial charge in [-0.05, 0) is 48.6 Å². The number of carbonyl (C=O) groups excluding carboxylic acids is 1. The van der Waals surface area contributed by atoms with E-state index in [1.165, 1.54) is 11.1 Å². The molecule has 3 rings (SSSR count). The summed E-state index contributed by atoms with van der Waals surface area (Å²) in [6, 6.07) is 14.5. The van der Waals surface area contributed by atoms with E-state index in [-0.39, 0.29) is 5.91 Å². The number of nitrogens with one attached hydrogen (secondary N) is 2. The molecule has 0 saturated carbocycles. The van der Waals surface area contributed by atoms with Gasteiger partial charge in [-0.15, -0.1) is 0 Å². The van der Waals surface area contributed by atoms with Crippen molar-refractivity contribution in [3.8, 4) is 0 Å². The second-order valence-corrected chi connectivity index (χ2v) is 6.83. The highest BCUT2D eigenvalue weighted by molar-refractivity contribution is 5.87. The summed E-state index contributed by atoms with van der Waals surface area (Å²) in [5.41, 5.74) is 5.55. The van der Waals surface area contributed by atoms with Crippen LogP contribution in [0.1, 0.15) is 41.7 Å². The highest BCUT2D eigenvalue weighted by atomic mass is 16.2. The highest BCUT2D eigenvalue weighted by Crippen LogP contribution is 2.26. The van der Waals surface area contributed by atoms with Gasteiger partial charge >= 0.3 is 0 Å². The molecular formula is C20H24N2O. The Kier molecular flexibility index (Phi) is 4.22. The Morgan fingerprint density at radius 1 is 1.13 bits per heavy atom. The lowest BCUT2D eigenvalue weighted by Crippen LogP contribution is -2.40. The minimum atomic E-state index is -0.538. The van der Waals surface area contributed by atoms with Crippen LogP contribution in [0.4, 0.5) is 0 Å². The van der Waals surface area contributed by atoms with E-state index >= 15 is 0 Å². The van der Waals surface area contributed by atoms with Crippen molar-refractivity contribution in [1.82, 2.24) is 10.6 Å². The number of benzene rings is 2. The zero-order valence-corrected chi connectivity index (χ0v) is 14.1. The molecule has 1 heterocycles. The largest absolute Gasteiger partial charge is 0.351 e. The first-order valence-corrected chi connectivity index (χ1v) is 8.14. The second kappa shape index (κ2) is 6.17. The molecule has 2 aromatic rings. The number of aryl methyl sites for hydroxylation is 1. The molecule has 120 valence electrons. The number of amides is 1. The Hall–Kier alpha value is -2.13. The Bertz CT molecular complexity index is 734. The van der Waals surface area contributed by atoms with E-state index in [1.54, 1.807) is 0 Å². The van der Waals surface area contributed by atoms with Crippen LogP contribution in [0.5, 0.6) is 0 Å². The molecule has 1 aliphatic rings. The Morgan fingerprint density at radius 2 is 1.87 bits per heavy atom. The van der Waals surface area contributed by atoms with Gasteiger partial charge in [0.15, 0.2) is 0 Å². The van der Waals surface area contributed by atoms with Crippen molar-refractivity contribution < 1.29 is 4.79 Å². The van der Waals surface area contributed by atoms with Gasteiger partial charge in [0.25, 0.3) is 0 Å². The quantitative estimate of drug-likeness (QED) is 0.911. The molecule has 23 heavy (non-hydrogen) atoms. The first-order valence-electron chi connectivity index (χ1n) is 8.14. The molecule has 3 heteroatoms. The van der Waals surface area contributed by atoms with Gasteiger partial charge in [0.05, 0.1) is 5.41 Å². The molecule has 0 aliphatic carbocycles. The molecule has 0 saturated heterocycles. The number of carbonyl (C=O) groups is 1. The Morgan fingerprint density at radius 3 is 2.65 bits per heavy atom. The monoisotopic (exact) mass is 308 g/mol. The van der Waals surface area contributed by atoms with E-state index < -0.39 is 5.41 Å². The fourth-order valence-corrected chi connectivity index (χ4v) is 3.26. The average Bonchev–Trinajstić information content (AvgIpc) is 3.00. The summed E-state index contributed by atoms with van der Waals surface area (Å²) in [4.78, 5) is 12.7. The first-order chi connectivity index (χ1) is 11.0. The first kappa shape index (κ1) is 15.8. The number of rotatable bonds is 4.